The summed E-state index contributed by atoms with van der Waals surface area (Å²) in [5.74, 6) is -0.0217. The molecule has 1 aromatic carbocycles. The van der Waals surface area contributed by atoms with Crippen molar-refractivity contribution >= 4 is 17.5 Å². The second kappa shape index (κ2) is 8.44. The maximum Gasteiger partial charge on any atom is 0.272 e. The molecule has 0 fully saturated rings. The molecule has 0 saturated heterocycles. The van der Waals surface area contributed by atoms with Crippen LogP contribution < -0.4 is 0 Å². The number of rotatable bonds is 7. The number of hydrogen-bond acceptors (Lipinski definition) is 2. The van der Waals surface area contributed by atoms with Crippen molar-refractivity contribution in [3.05, 3.63) is 59.4 Å². The van der Waals surface area contributed by atoms with E-state index in [1.54, 1.807) is 4.68 Å². The minimum absolute atomic E-state index is 0.0217. The normalized spacial score (nSPS) is 11.0. The number of aryl methyl sites for hydroxylation is 1. The average molecular weight is 385 g/mol. The first-order valence-electron chi connectivity index (χ1n) is 9.32. The first-order valence-corrected chi connectivity index (χ1v) is 9.70. The molecule has 2 heterocycles. The molecule has 3 aromatic rings. The first kappa shape index (κ1) is 19.2. The lowest BCUT2D eigenvalue weighted by Crippen LogP contribution is -2.33. The zero-order valence-corrected chi connectivity index (χ0v) is 16.8. The second-order valence-corrected chi connectivity index (χ2v) is 6.98. The Kier molecular flexibility index (Phi) is 6.01. The summed E-state index contributed by atoms with van der Waals surface area (Å²) in [6, 6.07) is 13.3. The maximum atomic E-state index is 13.3. The van der Waals surface area contributed by atoms with Crippen LogP contribution in [0.15, 0.2) is 48.7 Å². The van der Waals surface area contributed by atoms with Crippen LogP contribution in [0.3, 0.4) is 0 Å². The fraction of sp³-hybridized carbons (Fsp3) is 0.333. The molecular formula is C21H25ClN4O. The molecular weight excluding hydrogens is 360 g/mol. The summed E-state index contributed by atoms with van der Waals surface area (Å²) in [6.45, 7) is 5.60. The molecule has 0 saturated carbocycles. The molecule has 27 heavy (non-hydrogen) atoms. The quantitative estimate of drug-likeness (QED) is 0.587. The van der Waals surface area contributed by atoms with Crippen molar-refractivity contribution in [3.8, 4) is 17.1 Å². The van der Waals surface area contributed by atoms with E-state index < -0.39 is 0 Å². The summed E-state index contributed by atoms with van der Waals surface area (Å²) in [4.78, 5) is 15.2. The van der Waals surface area contributed by atoms with Gasteiger partial charge in [0.1, 0.15) is 11.4 Å². The summed E-state index contributed by atoms with van der Waals surface area (Å²) >= 11 is 6.41. The predicted octanol–water partition coefficient (Wildman–Crippen LogP) is 4.79. The molecule has 6 heteroatoms. The van der Waals surface area contributed by atoms with E-state index in [0.717, 1.165) is 37.3 Å². The van der Waals surface area contributed by atoms with Crippen LogP contribution in [-0.4, -0.2) is 38.2 Å². The van der Waals surface area contributed by atoms with Gasteiger partial charge in [-0.15, -0.1) is 0 Å². The van der Waals surface area contributed by atoms with Gasteiger partial charge in [0.15, 0.2) is 0 Å². The molecule has 5 nitrogen and oxygen atoms in total. The van der Waals surface area contributed by atoms with Crippen LogP contribution in [0.1, 0.15) is 37.2 Å². The van der Waals surface area contributed by atoms with Gasteiger partial charge >= 0.3 is 0 Å². The Morgan fingerprint density at radius 3 is 2.41 bits per heavy atom. The molecule has 0 unspecified atom stereocenters. The van der Waals surface area contributed by atoms with Gasteiger partial charge in [0.25, 0.3) is 5.91 Å². The number of aromatic nitrogens is 3. The molecule has 3 rings (SSSR count). The largest absolute Gasteiger partial charge is 0.349 e. The molecule has 0 aliphatic heterocycles. The van der Waals surface area contributed by atoms with E-state index in [2.05, 4.69) is 13.8 Å². The van der Waals surface area contributed by atoms with Crippen LogP contribution in [0.4, 0.5) is 0 Å². The Hall–Kier alpha value is -2.53. The van der Waals surface area contributed by atoms with E-state index in [9.17, 15) is 4.79 Å². The molecule has 0 radical (unpaired) electrons. The van der Waals surface area contributed by atoms with Gasteiger partial charge in [0.2, 0.25) is 0 Å². The summed E-state index contributed by atoms with van der Waals surface area (Å²) in [7, 11) is 1.96. The van der Waals surface area contributed by atoms with Gasteiger partial charge in [0, 0.05) is 26.3 Å². The molecule has 2 aromatic heterocycles. The van der Waals surface area contributed by atoms with Crippen LogP contribution in [0.25, 0.3) is 17.1 Å². The highest BCUT2D eigenvalue weighted by molar-refractivity contribution is 6.32. The molecule has 0 spiro atoms. The predicted molar refractivity (Wildman–Crippen MR) is 109 cm³/mol. The van der Waals surface area contributed by atoms with E-state index in [4.69, 9.17) is 16.7 Å². The van der Waals surface area contributed by atoms with Gasteiger partial charge in [-0.25, -0.2) is 4.68 Å². The first-order chi connectivity index (χ1) is 13.1. The van der Waals surface area contributed by atoms with Crippen LogP contribution >= 0.6 is 11.6 Å². The topological polar surface area (TPSA) is 43.1 Å². The third-order valence-corrected chi connectivity index (χ3v) is 4.81. The molecule has 0 bridgehead atoms. The lowest BCUT2D eigenvalue weighted by atomic mass is 10.2. The second-order valence-electron chi connectivity index (χ2n) is 6.57. The Bertz CT molecular complexity index is 922. The van der Waals surface area contributed by atoms with E-state index in [0.29, 0.717) is 16.4 Å². The van der Waals surface area contributed by atoms with Gasteiger partial charge in [-0.3, -0.25) is 4.79 Å². The van der Waals surface area contributed by atoms with Crippen molar-refractivity contribution in [2.75, 3.05) is 13.1 Å². The third-order valence-electron chi connectivity index (χ3n) is 4.49. The molecule has 1 amide bonds. The number of carbonyl (C=O) groups is 1. The monoisotopic (exact) mass is 384 g/mol. The number of nitrogens with zero attached hydrogens (tertiary/aromatic N) is 4. The summed E-state index contributed by atoms with van der Waals surface area (Å²) in [6.07, 6.45) is 3.79. The summed E-state index contributed by atoms with van der Waals surface area (Å²) in [5.41, 5.74) is 2.93. The SMILES string of the molecule is CCCN(CCC)C(=O)c1cc(-c2cccn2C)nn1-c1ccccc1Cl. The number of halogens is 1. The smallest absolute Gasteiger partial charge is 0.272 e. The standard InChI is InChI=1S/C21H25ClN4O/c1-4-12-25(13-5-2)21(27)20-15-17(19-11-8-14-24(19)3)23-26(20)18-10-7-6-9-16(18)22/h6-11,14-15H,4-5,12-13H2,1-3H3. The summed E-state index contributed by atoms with van der Waals surface area (Å²) < 4.78 is 3.66. The molecule has 142 valence electrons. The van der Waals surface area contributed by atoms with Gasteiger partial charge in [-0.2, -0.15) is 5.10 Å². The van der Waals surface area contributed by atoms with Crippen molar-refractivity contribution in [2.24, 2.45) is 7.05 Å². The number of hydrogen-bond donors (Lipinski definition) is 0. The number of carbonyl (C=O) groups excluding carboxylic acids is 1. The fourth-order valence-corrected chi connectivity index (χ4v) is 3.43. The zero-order valence-electron chi connectivity index (χ0n) is 16.0. The lowest BCUT2D eigenvalue weighted by Gasteiger charge is -2.21. The Labute approximate surface area is 165 Å². The number of amides is 1. The van der Waals surface area contributed by atoms with Crippen LogP contribution in [0, 0.1) is 0 Å². The van der Waals surface area contributed by atoms with Crippen LogP contribution in [0.5, 0.6) is 0 Å². The van der Waals surface area contributed by atoms with Gasteiger partial charge in [-0.1, -0.05) is 37.6 Å². The maximum absolute atomic E-state index is 13.3. The van der Waals surface area contributed by atoms with E-state index in [1.807, 2.05) is 65.2 Å². The molecule has 0 N–H and O–H groups in total. The number of para-hydroxylation sites is 1. The van der Waals surface area contributed by atoms with Crippen molar-refractivity contribution in [1.29, 1.82) is 0 Å². The minimum Gasteiger partial charge on any atom is -0.349 e. The molecule has 0 atom stereocenters. The van der Waals surface area contributed by atoms with Crippen molar-refractivity contribution < 1.29 is 4.79 Å². The average Bonchev–Trinajstić information content (AvgIpc) is 3.27. The van der Waals surface area contributed by atoms with E-state index in [1.165, 1.54) is 0 Å². The van der Waals surface area contributed by atoms with Crippen molar-refractivity contribution in [1.82, 2.24) is 19.2 Å². The van der Waals surface area contributed by atoms with E-state index in [-0.39, 0.29) is 5.91 Å². The van der Waals surface area contributed by atoms with E-state index >= 15 is 0 Å². The van der Waals surface area contributed by atoms with Gasteiger partial charge in [0.05, 0.1) is 16.4 Å². The third kappa shape index (κ3) is 3.93. The fourth-order valence-electron chi connectivity index (χ4n) is 3.21. The van der Waals surface area contributed by atoms with Gasteiger partial charge < -0.3 is 9.47 Å². The summed E-state index contributed by atoms with van der Waals surface area (Å²) in [5, 5.41) is 5.29. The molecule has 0 aliphatic carbocycles. The van der Waals surface area contributed by atoms with Crippen molar-refractivity contribution in [2.45, 2.75) is 26.7 Å². The lowest BCUT2D eigenvalue weighted by molar-refractivity contribution is 0.0746. The Morgan fingerprint density at radius 2 is 1.81 bits per heavy atom. The van der Waals surface area contributed by atoms with Crippen LogP contribution in [-0.2, 0) is 7.05 Å². The van der Waals surface area contributed by atoms with Crippen molar-refractivity contribution in [3.63, 3.8) is 0 Å². The highest BCUT2D eigenvalue weighted by Crippen LogP contribution is 2.26. The highest BCUT2D eigenvalue weighted by Gasteiger charge is 2.23. The Morgan fingerprint density at radius 1 is 1.11 bits per heavy atom. The zero-order chi connectivity index (χ0) is 19.4. The highest BCUT2D eigenvalue weighted by atomic mass is 35.5. The van der Waals surface area contributed by atoms with Crippen LogP contribution in [0.2, 0.25) is 5.02 Å². The number of benzene rings is 1. The minimum atomic E-state index is -0.0217. The molecule has 0 aliphatic rings. The van der Waals surface area contributed by atoms with Gasteiger partial charge in [-0.05, 0) is 43.2 Å². The Balaban J connectivity index is 2.13.